The van der Waals surface area contributed by atoms with Crippen molar-refractivity contribution in [3.05, 3.63) is 40.4 Å². The summed E-state index contributed by atoms with van der Waals surface area (Å²) in [5.41, 5.74) is 3.83. The van der Waals surface area contributed by atoms with E-state index < -0.39 is 0 Å². The number of nitrogens with one attached hydrogen (secondary N) is 1. The van der Waals surface area contributed by atoms with Crippen molar-refractivity contribution in [2.75, 3.05) is 39.3 Å². The third-order valence-corrected chi connectivity index (χ3v) is 9.05. The molecule has 2 aromatic rings. The Kier molecular flexibility index (Phi) is 8.01. The van der Waals surface area contributed by atoms with E-state index in [1.807, 2.05) is 11.3 Å². The van der Waals surface area contributed by atoms with Crippen LogP contribution in [-0.4, -0.2) is 66.4 Å². The van der Waals surface area contributed by atoms with Gasteiger partial charge >= 0.3 is 0 Å². The minimum atomic E-state index is 0.300. The van der Waals surface area contributed by atoms with Crippen LogP contribution in [0, 0.1) is 25.7 Å². The molecule has 1 aromatic carbocycles. The van der Waals surface area contributed by atoms with Crippen LogP contribution in [-0.2, 0) is 11.3 Å². The zero-order valence-electron chi connectivity index (χ0n) is 21.3. The Labute approximate surface area is 209 Å². The summed E-state index contributed by atoms with van der Waals surface area (Å²) in [6, 6.07) is 8.58. The number of likely N-dealkylation sites (tertiary alicyclic amines) is 2. The Hall–Kier alpha value is -1.31. The highest BCUT2D eigenvalue weighted by Gasteiger charge is 2.45. The summed E-state index contributed by atoms with van der Waals surface area (Å²) < 4.78 is 6.05. The Balaban J connectivity index is 1.01. The number of ether oxygens (including phenoxy) is 1. The summed E-state index contributed by atoms with van der Waals surface area (Å²) in [5, 5.41) is 4.83. The van der Waals surface area contributed by atoms with Gasteiger partial charge in [-0.05, 0) is 96.1 Å². The minimum absolute atomic E-state index is 0.300. The number of piperidine rings is 2. The predicted molar refractivity (Wildman–Crippen MR) is 141 cm³/mol. The fraction of sp³-hybridized carbons (Fsp3) is 0.679. The summed E-state index contributed by atoms with van der Waals surface area (Å²) in [4.78, 5) is 11.6. The molecule has 0 spiro atoms. The van der Waals surface area contributed by atoms with E-state index in [-0.39, 0.29) is 0 Å². The van der Waals surface area contributed by atoms with Gasteiger partial charge in [0.15, 0.2) is 0 Å². The molecule has 2 unspecified atom stereocenters. The van der Waals surface area contributed by atoms with E-state index in [1.54, 1.807) is 0 Å². The summed E-state index contributed by atoms with van der Waals surface area (Å²) in [6.07, 6.45) is 7.22. The summed E-state index contributed by atoms with van der Waals surface area (Å²) >= 11 is 1.84. The molecule has 3 aliphatic rings. The number of epoxide rings is 1. The molecule has 0 bridgehead atoms. The molecule has 0 radical (unpaired) electrons. The average Bonchev–Trinajstić information content (AvgIpc) is 3.52. The Morgan fingerprint density at radius 1 is 1.09 bits per heavy atom. The highest BCUT2D eigenvalue weighted by Crippen LogP contribution is 2.35. The van der Waals surface area contributed by atoms with Crippen LogP contribution in [0.2, 0.25) is 0 Å². The minimum Gasteiger partial charge on any atom is -0.353 e. The fourth-order valence-electron chi connectivity index (χ4n) is 5.84. The maximum absolute atomic E-state index is 6.05. The highest BCUT2D eigenvalue weighted by atomic mass is 32.1. The lowest BCUT2D eigenvalue weighted by Crippen LogP contribution is -2.37. The standard InChI is InChI=1S/C28H42N4OS/c1-20-8-6-14-31(18-20)15-7-13-29-27-26(33-27)23-11-16-32(17-12-23)19-25-22(3)34-28(30-25)24-10-5-4-9-21(24)2/h4-5,9-10,20,23,26-27,29H,6-8,11-19H2,1-3H3/t20-,26?,27?/m0/s1. The monoisotopic (exact) mass is 482 g/mol. The number of aromatic nitrogens is 1. The lowest BCUT2D eigenvalue weighted by Gasteiger charge is -2.31. The van der Waals surface area contributed by atoms with Gasteiger partial charge in [-0.25, -0.2) is 4.98 Å². The summed E-state index contributed by atoms with van der Waals surface area (Å²) in [5.74, 6) is 1.58. The summed E-state index contributed by atoms with van der Waals surface area (Å²) in [6.45, 7) is 15.0. The molecule has 5 nitrogen and oxygen atoms in total. The van der Waals surface area contributed by atoms with Crippen molar-refractivity contribution in [1.82, 2.24) is 20.1 Å². The van der Waals surface area contributed by atoms with Gasteiger partial charge in [-0.1, -0.05) is 31.2 Å². The number of aryl methyl sites for hydroxylation is 2. The first-order chi connectivity index (χ1) is 16.6. The second-order valence-electron chi connectivity index (χ2n) is 10.8. The predicted octanol–water partition coefficient (Wildman–Crippen LogP) is 5.08. The van der Waals surface area contributed by atoms with Crippen LogP contribution in [0.1, 0.15) is 55.2 Å². The van der Waals surface area contributed by atoms with Gasteiger partial charge in [0.05, 0.1) is 5.69 Å². The average molecular weight is 483 g/mol. The van der Waals surface area contributed by atoms with Crippen LogP contribution in [0.15, 0.2) is 24.3 Å². The molecule has 3 aliphatic heterocycles. The lowest BCUT2D eigenvalue weighted by atomic mass is 9.93. The smallest absolute Gasteiger partial charge is 0.135 e. The Morgan fingerprint density at radius 2 is 1.91 bits per heavy atom. The number of thiazole rings is 1. The molecule has 1 aromatic heterocycles. The molecule has 3 saturated heterocycles. The van der Waals surface area contributed by atoms with Crippen LogP contribution in [0.3, 0.4) is 0 Å². The molecule has 0 aliphatic carbocycles. The maximum Gasteiger partial charge on any atom is 0.135 e. The zero-order chi connectivity index (χ0) is 23.5. The molecular weight excluding hydrogens is 440 g/mol. The van der Waals surface area contributed by atoms with Crippen LogP contribution in [0.25, 0.3) is 10.6 Å². The highest BCUT2D eigenvalue weighted by molar-refractivity contribution is 7.15. The molecule has 34 heavy (non-hydrogen) atoms. The van der Waals surface area contributed by atoms with Crippen molar-refractivity contribution in [3.8, 4) is 10.6 Å². The molecule has 3 atom stereocenters. The van der Waals surface area contributed by atoms with Gasteiger partial charge in [-0.2, -0.15) is 0 Å². The van der Waals surface area contributed by atoms with Gasteiger partial charge in [-0.3, -0.25) is 10.2 Å². The third-order valence-electron chi connectivity index (χ3n) is 8.00. The van der Waals surface area contributed by atoms with E-state index in [9.17, 15) is 0 Å². The molecule has 5 rings (SSSR count). The van der Waals surface area contributed by atoms with Crippen molar-refractivity contribution >= 4 is 11.3 Å². The first-order valence-electron chi connectivity index (χ1n) is 13.4. The second kappa shape index (κ2) is 11.2. The van der Waals surface area contributed by atoms with Gasteiger partial charge in [0.2, 0.25) is 0 Å². The van der Waals surface area contributed by atoms with Crippen LogP contribution in [0.5, 0.6) is 0 Å². The van der Waals surface area contributed by atoms with Crippen molar-refractivity contribution in [2.45, 2.75) is 71.8 Å². The second-order valence-corrected chi connectivity index (χ2v) is 12.0. The van der Waals surface area contributed by atoms with E-state index >= 15 is 0 Å². The van der Waals surface area contributed by atoms with E-state index in [1.165, 1.54) is 73.4 Å². The van der Waals surface area contributed by atoms with Crippen molar-refractivity contribution in [2.24, 2.45) is 11.8 Å². The molecule has 186 valence electrons. The Bertz CT molecular complexity index is 938. The molecule has 4 heterocycles. The van der Waals surface area contributed by atoms with E-state index in [0.29, 0.717) is 18.2 Å². The Morgan fingerprint density at radius 3 is 2.71 bits per heavy atom. The van der Waals surface area contributed by atoms with Crippen LogP contribution >= 0.6 is 11.3 Å². The maximum atomic E-state index is 6.05. The molecule has 1 N–H and O–H groups in total. The van der Waals surface area contributed by atoms with Crippen LogP contribution in [0.4, 0.5) is 0 Å². The van der Waals surface area contributed by atoms with E-state index in [4.69, 9.17) is 9.72 Å². The van der Waals surface area contributed by atoms with Gasteiger partial charge in [0.25, 0.3) is 0 Å². The van der Waals surface area contributed by atoms with Crippen molar-refractivity contribution in [1.29, 1.82) is 0 Å². The fourth-order valence-corrected chi connectivity index (χ4v) is 6.85. The van der Waals surface area contributed by atoms with Crippen LogP contribution < -0.4 is 5.32 Å². The van der Waals surface area contributed by atoms with Gasteiger partial charge < -0.3 is 9.64 Å². The number of hydrogen-bond acceptors (Lipinski definition) is 6. The molecule has 0 amide bonds. The van der Waals surface area contributed by atoms with Gasteiger partial charge in [-0.15, -0.1) is 11.3 Å². The number of hydrogen-bond donors (Lipinski definition) is 1. The number of nitrogens with zero attached hydrogens (tertiary/aromatic N) is 3. The largest absolute Gasteiger partial charge is 0.353 e. The van der Waals surface area contributed by atoms with Gasteiger partial charge in [0.1, 0.15) is 17.3 Å². The topological polar surface area (TPSA) is 43.9 Å². The third kappa shape index (κ3) is 6.08. The molecule has 6 heteroatoms. The molecule has 3 fully saturated rings. The van der Waals surface area contributed by atoms with Gasteiger partial charge in [0, 0.05) is 23.5 Å². The quantitative estimate of drug-likeness (QED) is 0.399. The molecule has 0 saturated carbocycles. The normalized spacial score (nSPS) is 26.7. The van der Waals surface area contributed by atoms with Crippen molar-refractivity contribution < 1.29 is 4.74 Å². The first-order valence-corrected chi connectivity index (χ1v) is 14.2. The van der Waals surface area contributed by atoms with Crippen molar-refractivity contribution in [3.63, 3.8) is 0 Å². The first kappa shape index (κ1) is 24.4. The summed E-state index contributed by atoms with van der Waals surface area (Å²) in [7, 11) is 0. The lowest BCUT2D eigenvalue weighted by molar-refractivity contribution is 0.155. The SMILES string of the molecule is Cc1ccccc1-c1nc(CN2CCC(C3OC3NCCCN3CCC[C@H](C)C3)CC2)c(C)s1. The zero-order valence-corrected chi connectivity index (χ0v) is 22.1. The van der Waals surface area contributed by atoms with E-state index in [0.717, 1.165) is 37.1 Å². The van der Waals surface area contributed by atoms with E-state index in [2.05, 4.69) is 60.2 Å². The molecular formula is C28H42N4OS. The number of rotatable bonds is 9. The number of benzene rings is 1.